The predicted octanol–water partition coefficient (Wildman–Crippen LogP) is 2.69. The Morgan fingerprint density at radius 1 is 1.32 bits per heavy atom. The van der Waals surface area contributed by atoms with Crippen molar-refractivity contribution in [1.29, 1.82) is 0 Å². The zero-order chi connectivity index (χ0) is 14.3. The molecule has 0 saturated heterocycles. The Morgan fingerprint density at radius 2 is 1.95 bits per heavy atom. The largest absolute Gasteiger partial charge is 0.325 e. The maximum Gasteiger partial charge on any atom is 0.325 e. The summed E-state index contributed by atoms with van der Waals surface area (Å²) >= 11 is 0. The van der Waals surface area contributed by atoms with Gasteiger partial charge in [0, 0.05) is 0 Å². The predicted molar refractivity (Wildman–Crippen MR) is 77.5 cm³/mol. The molecule has 0 saturated carbocycles. The first-order valence-corrected chi connectivity index (χ1v) is 7.51. The van der Waals surface area contributed by atoms with E-state index < -0.39 is 10.1 Å². The van der Waals surface area contributed by atoms with Crippen LogP contribution >= 0.6 is 0 Å². The Morgan fingerprint density at radius 3 is 2.53 bits per heavy atom. The SMILES string of the molecule is C=C(C=CC(C)=NOS(C)(=O)=O)Cc1ccccc1. The standard InChI is InChI=1S/C14H17NO3S/c1-12(11-14-7-5-4-6-8-14)9-10-13(2)15-18-19(3,16)17/h4-10H,1,11H2,2-3H3. The Balaban J connectivity index is 2.55. The van der Waals surface area contributed by atoms with Crippen LogP contribution < -0.4 is 0 Å². The molecule has 0 heterocycles. The van der Waals surface area contributed by atoms with Gasteiger partial charge in [-0.05, 0) is 25.0 Å². The lowest BCUT2D eigenvalue weighted by Gasteiger charge is -2.00. The fourth-order valence-electron chi connectivity index (χ4n) is 1.31. The van der Waals surface area contributed by atoms with Gasteiger partial charge in [0.2, 0.25) is 0 Å². The highest BCUT2D eigenvalue weighted by atomic mass is 32.2. The van der Waals surface area contributed by atoms with E-state index in [1.165, 1.54) is 5.56 Å². The molecule has 1 rings (SSSR count). The average Bonchev–Trinajstić information content (AvgIpc) is 2.34. The highest BCUT2D eigenvalue weighted by Crippen LogP contribution is 2.07. The number of hydrogen-bond donors (Lipinski definition) is 0. The Bertz CT molecular complexity index is 586. The van der Waals surface area contributed by atoms with Crippen LogP contribution in [0.2, 0.25) is 0 Å². The second kappa shape index (κ2) is 6.89. The molecule has 0 unspecified atom stereocenters. The second-order valence-electron chi connectivity index (χ2n) is 4.17. The van der Waals surface area contributed by atoms with E-state index in [1.54, 1.807) is 19.1 Å². The fourth-order valence-corrected chi connectivity index (χ4v) is 1.57. The molecular weight excluding hydrogens is 262 g/mol. The van der Waals surface area contributed by atoms with Gasteiger partial charge in [-0.1, -0.05) is 53.7 Å². The van der Waals surface area contributed by atoms with E-state index in [0.717, 1.165) is 18.2 Å². The van der Waals surface area contributed by atoms with Gasteiger partial charge in [0.25, 0.3) is 0 Å². The van der Waals surface area contributed by atoms with E-state index in [0.29, 0.717) is 5.71 Å². The lowest BCUT2D eigenvalue weighted by atomic mass is 10.1. The van der Waals surface area contributed by atoms with Crippen molar-refractivity contribution in [3.05, 3.63) is 60.2 Å². The van der Waals surface area contributed by atoms with Gasteiger partial charge < -0.3 is 0 Å². The van der Waals surface area contributed by atoms with Crippen molar-refractivity contribution in [3.8, 4) is 0 Å². The third-order valence-electron chi connectivity index (χ3n) is 2.15. The summed E-state index contributed by atoms with van der Waals surface area (Å²) in [6.45, 7) is 5.58. The van der Waals surface area contributed by atoms with E-state index in [4.69, 9.17) is 0 Å². The van der Waals surface area contributed by atoms with Gasteiger partial charge in [-0.2, -0.15) is 8.42 Å². The van der Waals surface area contributed by atoms with Gasteiger partial charge in [-0.25, -0.2) is 0 Å². The fraction of sp³-hybridized carbons (Fsp3) is 0.214. The molecule has 0 spiro atoms. The molecule has 102 valence electrons. The summed E-state index contributed by atoms with van der Waals surface area (Å²) in [5.74, 6) is 0. The van der Waals surface area contributed by atoms with E-state index in [9.17, 15) is 8.42 Å². The van der Waals surface area contributed by atoms with E-state index in [-0.39, 0.29) is 0 Å². The topological polar surface area (TPSA) is 55.7 Å². The van der Waals surface area contributed by atoms with Crippen molar-refractivity contribution < 1.29 is 12.7 Å². The zero-order valence-corrected chi connectivity index (χ0v) is 11.9. The van der Waals surface area contributed by atoms with Crippen LogP contribution in [-0.4, -0.2) is 20.4 Å². The minimum absolute atomic E-state index is 0.458. The number of allylic oxidation sites excluding steroid dienone is 3. The maximum atomic E-state index is 10.7. The average molecular weight is 279 g/mol. The first kappa shape index (κ1) is 15.2. The highest BCUT2D eigenvalue weighted by molar-refractivity contribution is 7.85. The van der Waals surface area contributed by atoms with Crippen molar-refractivity contribution in [1.82, 2.24) is 0 Å². The molecule has 0 aliphatic carbocycles. The number of oxime groups is 1. The van der Waals surface area contributed by atoms with Gasteiger partial charge >= 0.3 is 10.1 Å². The second-order valence-corrected chi connectivity index (χ2v) is 5.72. The third kappa shape index (κ3) is 7.21. The van der Waals surface area contributed by atoms with Gasteiger partial charge in [-0.3, -0.25) is 4.28 Å². The zero-order valence-electron chi connectivity index (χ0n) is 11.0. The van der Waals surface area contributed by atoms with Gasteiger partial charge in [0.15, 0.2) is 0 Å². The Labute approximate surface area is 114 Å². The quantitative estimate of drug-likeness (QED) is 0.457. The summed E-state index contributed by atoms with van der Waals surface area (Å²) in [5.41, 5.74) is 2.53. The van der Waals surface area contributed by atoms with Crippen LogP contribution in [0.25, 0.3) is 0 Å². The molecule has 0 aliphatic rings. The van der Waals surface area contributed by atoms with Crippen LogP contribution in [0.1, 0.15) is 12.5 Å². The normalized spacial score (nSPS) is 12.6. The molecule has 1 aromatic carbocycles. The highest BCUT2D eigenvalue weighted by Gasteiger charge is 1.99. The molecule has 0 fully saturated rings. The number of rotatable bonds is 6. The van der Waals surface area contributed by atoms with Crippen LogP contribution in [0, 0.1) is 0 Å². The molecule has 0 radical (unpaired) electrons. The van der Waals surface area contributed by atoms with Crippen LogP contribution in [-0.2, 0) is 20.8 Å². The lowest BCUT2D eigenvalue weighted by molar-refractivity contribution is 0.343. The van der Waals surface area contributed by atoms with E-state index in [2.05, 4.69) is 16.0 Å². The van der Waals surface area contributed by atoms with E-state index >= 15 is 0 Å². The molecule has 4 nitrogen and oxygen atoms in total. The molecule has 1 aromatic rings. The van der Waals surface area contributed by atoms with Crippen molar-refractivity contribution in [3.63, 3.8) is 0 Å². The summed E-state index contributed by atoms with van der Waals surface area (Å²) < 4.78 is 25.8. The van der Waals surface area contributed by atoms with Crippen LogP contribution in [0.4, 0.5) is 0 Å². The molecule has 0 aliphatic heterocycles. The van der Waals surface area contributed by atoms with Crippen molar-refractivity contribution in [2.24, 2.45) is 5.16 Å². The smallest absolute Gasteiger partial charge is 0.268 e. The molecule has 5 heteroatoms. The van der Waals surface area contributed by atoms with Gasteiger partial charge in [-0.15, -0.1) is 0 Å². The molecule has 0 N–H and O–H groups in total. The first-order chi connectivity index (χ1) is 8.87. The molecule has 0 atom stereocenters. The van der Waals surface area contributed by atoms with Crippen molar-refractivity contribution in [2.45, 2.75) is 13.3 Å². The maximum absolute atomic E-state index is 10.7. The first-order valence-electron chi connectivity index (χ1n) is 5.70. The van der Waals surface area contributed by atoms with Crippen molar-refractivity contribution >= 4 is 15.8 Å². The third-order valence-corrected chi connectivity index (χ3v) is 2.50. The molecule has 0 aromatic heterocycles. The Kier molecular flexibility index (Phi) is 5.51. The van der Waals surface area contributed by atoms with Gasteiger partial charge in [0.1, 0.15) is 0 Å². The number of benzene rings is 1. The minimum atomic E-state index is -3.55. The molecule has 0 amide bonds. The number of hydrogen-bond acceptors (Lipinski definition) is 4. The summed E-state index contributed by atoms with van der Waals surface area (Å²) in [6, 6.07) is 9.94. The molecule has 0 bridgehead atoms. The van der Waals surface area contributed by atoms with Crippen LogP contribution in [0.3, 0.4) is 0 Å². The van der Waals surface area contributed by atoms with Gasteiger partial charge in [0.05, 0.1) is 12.0 Å². The summed E-state index contributed by atoms with van der Waals surface area (Å²) in [4.78, 5) is 0. The monoisotopic (exact) mass is 279 g/mol. The van der Waals surface area contributed by atoms with Crippen LogP contribution in [0.5, 0.6) is 0 Å². The summed E-state index contributed by atoms with van der Waals surface area (Å²) in [5, 5.41) is 3.48. The Hall–Kier alpha value is -1.88. The summed E-state index contributed by atoms with van der Waals surface area (Å²) in [7, 11) is -3.55. The molecular formula is C14H17NO3S. The minimum Gasteiger partial charge on any atom is -0.268 e. The number of nitrogens with zero attached hydrogens (tertiary/aromatic N) is 1. The lowest BCUT2D eigenvalue weighted by Crippen LogP contribution is -1.99. The van der Waals surface area contributed by atoms with E-state index in [1.807, 2.05) is 30.3 Å². The van der Waals surface area contributed by atoms with Crippen LogP contribution in [0.15, 0.2) is 59.8 Å². The van der Waals surface area contributed by atoms with Crippen molar-refractivity contribution in [2.75, 3.05) is 6.26 Å². The summed E-state index contributed by atoms with van der Waals surface area (Å²) in [6.07, 6.45) is 5.13. The molecule has 19 heavy (non-hydrogen) atoms.